The number of amides is 1. The first kappa shape index (κ1) is 5.23. The van der Waals surface area contributed by atoms with Crippen molar-refractivity contribution in [1.82, 2.24) is 4.90 Å². The van der Waals surface area contributed by atoms with E-state index in [1.165, 1.54) is 0 Å². The minimum absolute atomic E-state index is 0.169. The highest BCUT2D eigenvalue weighted by molar-refractivity contribution is 5.80. The minimum Gasteiger partial charge on any atom is -0.368 e. The zero-order chi connectivity index (χ0) is 7.56. The lowest BCUT2D eigenvalue weighted by molar-refractivity contribution is -0.121. The summed E-state index contributed by atoms with van der Waals surface area (Å²) in [6.45, 7) is 0.844. The predicted molar refractivity (Wildman–Crippen MR) is 34.8 cm³/mol. The molecule has 1 rings (SSSR count). The van der Waals surface area contributed by atoms with Crippen LogP contribution in [-0.2, 0) is 4.79 Å². The fourth-order valence-corrected chi connectivity index (χ4v) is 1.15. The molecule has 9 heavy (non-hydrogen) atoms. The standard InChI is InChI=1S/C6H12N2O/c1-8-4-2-3-5(8)6(7)9/h5H,2-4H2,1H3,(H2,7,9)/t5-/m0/s1/i1D. The lowest BCUT2D eigenvalue weighted by Crippen LogP contribution is -2.37. The summed E-state index contributed by atoms with van der Waals surface area (Å²) in [5.74, 6) is -0.287. The zero-order valence-electron chi connectivity index (χ0n) is 6.34. The molecule has 1 aliphatic heterocycles. The molecule has 0 radical (unpaired) electrons. The average molecular weight is 129 g/mol. The highest BCUT2D eigenvalue weighted by atomic mass is 16.1. The molecule has 0 aromatic heterocycles. The van der Waals surface area contributed by atoms with Gasteiger partial charge in [-0.05, 0) is 26.4 Å². The van der Waals surface area contributed by atoms with Crippen LogP contribution in [0.1, 0.15) is 14.2 Å². The van der Waals surface area contributed by atoms with Gasteiger partial charge in [0.25, 0.3) is 0 Å². The molecule has 0 bridgehead atoms. The third-order valence-electron chi connectivity index (χ3n) is 1.69. The summed E-state index contributed by atoms with van der Waals surface area (Å²) in [6.07, 6.45) is 1.82. The van der Waals surface area contributed by atoms with Crippen LogP contribution in [0.15, 0.2) is 0 Å². The van der Waals surface area contributed by atoms with Gasteiger partial charge in [0.2, 0.25) is 5.91 Å². The van der Waals surface area contributed by atoms with E-state index in [1.54, 1.807) is 4.90 Å². The van der Waals surface area contributed by atoms with Crippen LogP contribution in [-0.4, -0.2) is 30.4 Å². The van der Waals surface area contributed by atoms with Crippen LogP contribution in [0.25, 0.3) is 0 Å². The van der Waals surface area contributed by atoms with Crippen molar-refractivity contribution in [3.8, 4) is 0 Å². The number of hydrogen-bond donors (Lipinski definition) is 1. The Bertz CT molecular complexity index is 140. The van der Waals surface area contributed by atoms with Crippen LogP contribution < -0.4 is 5.73 Å². The maximum absolute atomic E-state index is 10.7. The Labute approximate surface area is 56.2 Å². The monoisotopic (exact) mass is 129 g/mol. The third-order valence-corrected chi connectivity index (χ3v) is 1.69. The first-order chi connectivity index (χ1) is 4.75. The number of likely N-dealkylation sites (tertiary alicyclic amines) is 1. The fraction of sp³-hybridized carbons (Fsp3) is 0.833. The van der Waals surface area contributed by atoms with Gasteiger partial charge in [-0.3, -0.25) is 9.69 Å². The molecule has 1 saturated heterocycles. The lowest BCUT2D eigenvalue weighted by atomic mass is 10.2. The first-order valence-electron chi connectivity index (χ1n) is 3.79. The van der Waals surface area contributed by atoms with Crippen LogP contribution in [0.2, 0.25) is 0 Å². The van der Waals surface area contributed by atoms with E-state index in [0.717, 1.165) is 19.4 Å². The maximum atomic E-state index is 10.7. The summed E-state index contributed by atoms with van der Waals surface area (Å²) in [7, 11) is 0.188. The molecule has 2 N–H and O–H groups in total. The van der Waals surface area contributed by atoms with Gasteiger partial charge in [-0.15, -0.1) is 0 Å². The second kappa shape index (κ2) is 2.35. The molecule has 0 aromatic carbocycles. The van der Waals surface area contributed by atoms with E-state index in [1.807, 2.05) is 0 Å². The normalized spacial score (nSPS) is 30.2. The van der Waals surface area contributed by atoms with E-state index in [2.05, 4.69) is 0 Å². The van der Waals surface area contributed by atoms with Crippen LogP contribution in [0, 0.1) is 0 Å². The van der Waals surface area contributed by atoms with Crippen LogP contribution in [0.4, 0.5) is 0 Å². The van der Waals surface area contributed by atoms with Crippen molar-refractivity contribution < 1.29 is 6.17 Å². The first-order valence-corrected chi connectivity index (χ1v) is 3.08. The number of likely N-dealkylation sites (N-methyl/N-ethyl adjacent to an activating group) is 1. The average Bonchev–Trinajstić information content (AvgIpc) is 2.33. The SMILES string of the molecule is [2H]CN1CCC[C@H]1C(N)=O. The summed E-state index contributed by atoms with van der Waals surface area (Å²) in [5.41, 5.74) is 5.10. The van der Waals surface area contributed by atoms with Crippen LogP contribution >= 0.6 is 0 Å². The number of nitrogens with zero attached hydrogens (tertiary/aromatic N) is 1. The van der Waals surface area contributed by atoms with Gasteiger partial charge in [0, 0.05) is 1.37 Å². The molecule has 1 aliphatic rings. The van der Waals surface area contributed by atoms with E-state index >= 15 is 0 Å². The summed E-state index contributed by atoms with van der Waals surface area (Å²) >= 11 is 0. The van der Waals surface area contributed by atoms with Gasteiger partial charge in [0.05, 0.1) is 6.04 Å². The third kappa shape index (κ3) is 1.21. The molecule has 3 nitrogen and oxygen atoms in total. The Morgan fingerprint density at radius 1 is 2.00 bits per heavy atom. The molecule has 0 spiro atoms. The quantitative estimate of drug-likeness (QED) is 0.522. The van der Waals surface area contributed by atoms with E-state index in [0.29, 0.717) is 0 Å². The Hall–Kier alpha value is -0.570. The van der Waals surface area contributed by atoms with Crippen molar-refractivity contribution in [3.63, 3.8) is 0 Å². The van der Waals surface area contributed by atoms with Gasteiger partial charge < -0.3 is 5.73 Å². The lowest BCUT2D eigenvalue weighted by Gasteiger charge is -2.14. The molecule has 1 amide bonds. The van der Waals surface area contributed by atoms with Crippen molar-refractivity contribution >= 4 is 5.91 Å². The Morgan fingerprint density at radius 2 is 2.78 bits per heavy atom. The number of nitrogens with two attached hydrogens (primary N) is 1. The van der Waals surface area contributed by atoms with Crippen LogP contribution in [0.3, 0.4) is 0 Å². The summed E-state index contributed by atoms with van der Waals surface area (Å²) in [4.78, 5) is 12.5. The highest BCUT2D eigenvalue weighted by Gasteiger charge is 2.24. The summed E-state index contributed by atoms with van der Waals surface area (Å²) in [6, 6.07) is -0.169. The number of rotatable bonds is 1. The smallest absolute Gasteiger partial charge is 0.234 e. The molecule has 52 valence electrons. The van der Waals surface area contributed by atoms with Crippen molar-refractivity contribution in [1.29, 1.82) is 0 Å². The van der Waals surface area contributed by atoms with Crippen LogP contribution in [0.5, 0.6) is 0 Å². The van der Waals surface area contributed by atoms with Gasteiger partial charge in [-0.2, -0.15) is 0 Å². The fourth-order valence-electron chi connectivity index (χ4n) is 1.15. The molecule has 1 fully saturated rings. The van der Waals surface area contributed by atoms with Gasteiger partial charge in [-0.25, -0.2) is 0 Å². The Morgan fingerprint density at radius 3 is 3.22 bits per heavy atom. The number of carbonyl (C=O) groups is 1. The number of hydrogen-bond acceptors (Lipinski definition) is 2. The highest BCUT2D eigenvalue weighted by Crippen LogP contribution is 2.13. The molecule has 0 saturated carbocycles. The van der Waals surface area contributed by atoms with E-state index < -0.39 is 0 Å². The van der Waals surface area contributed by atoms with E-state index in [9.17, 15) is 4.79 Å². The topological polar surface area (TPSA) is 46.3 Å². The molecular formula is C6H12N2O. The van der Waals surface area contributed by atoms with E-state index in [-0.39, 0.29) is 19.0 Å². The molecule has 0 unspecified atom stereocenters. The molecule has 0 aliphatic carbocycles. The number of carbonyl (C=O) groups excluding carboxylic acids is 1. The molecular weight excluding hydrogens is 116 g/mol. The Kier molecular flexibility index (Phi) is 1.37. The van der Waals surface area contributed by atoms with Crippen molar-refractivity contribution in [2.24, 2.45) is 5.73 Å². The molecule has 3 heteroatoms. The summed E-state index contributed by atoms with van der Waals surface area (Å²) < 4.78 is 7.04. The van der Waals surface area contributed by atoms with E-state index in [4.69, 9.17) is 7.10 Å². The van der Waals surface area contributed by atoms with Crippen molar-refractivity contribution in [3.05, 3.63) is 0 Å². The zero-order valence-corrected chi connectivity index (χ0v) is 5.34. The maximum Gasteiger partial charge on any atom is 0.234 e. The second-order valence-electron chi connectivity index (χ2n) is 2.37. The second-order valence-corrected chi connectivity index (χ2v) is 2.37. The molecule has 1 atom stereocenters. The number of primary amides is 1. The van der Waals surface area contributed by atoms with Gasteiger partial charge in [-0.1, -0.05) is 0 Å². The molecule has 1 heterocycles. The van der Waals surface area contributed by atoms with Crippen molar-refractivity contribution in [2.45, 2.75) is 18.9 Å². The van der Waals surface area contributed by atoms with Gasteiger partial charge in [0.15, 0.2) is 0 Å². The summed E-state index contributed by atoms with van der Waals surface area (Å²) in [5, 5.41) is 0. The minimum atomic E-state index is -0.287. The Balaban J connectivity index is 2.50. The largest absolute Gasteiger partial charge is 0.368 e. The van der Waals surface area contributed by atoms with Gasteiger partial charge in [0.1, 0.15) is 0 Å². The van der Waals surface area contributed by atoms with Crippen molar-refractivity contribution in [2.75, 3.05) is 13.6 Å². The predicted octanol–water partition coefficient (Wildman–Crippen LogP) is -0.434. The van der Waals surface area contributed by atoms with Gasteiger partial charge >= 0.3 is 0 Å². The molecule has 0 aromatic rings.